The van der Waals surface area contributed by atoms with Crippen molar-refractivity contribution >= 4 is 55.5 Å². The summed E-state index contributed by atoms with van der Waals surface area (Å²) in [6.07, 6.45) is 1.71. The molecule has 186 valence electrons. The molecule has 3 aromatic carbocycles. The average molecular weight is 543 g/mol. The van der Waals surface area contributed by atoms with Crippen molar-refractivity contribution in [2.24, 2.45) is 0 Å². The van der Waals surface area contributed by atoms with Gasteiger partial charge in [0.25, 0.3) is 0 Å². The van der Waals surface area contributed by atoms with Crippen molar-refractivity contribution < 1.29 is 13.2 Å². The second-order valence-electron chi connectivity index (χ2n) is 8.66. The highest BCUT2D eigenvalue weighted by Gasteiger charge is 2.23. The first-order valence-electron chi connectivity index (χ1n) is 11.5. The Morgan fingerprint density at radius 3 is 2.56 bits per heavy atom. The van der Waals surface area contributed by atoms with Gasteiger partial charge in [-0.2, -0.15) is 0 Å². The topological polar surface area (TPSA) is 93.2 Å². The number of halogens is 2. The van der Waals surface area contributed by atoms with E-state index in [2.05, 4.69) is 20.2 Å². The molecule has 2 heterocycles. The molecule has 0 amide bonds. The van der Waals surface area contributed by atoms with Crippen LogP contribution in [-0.2, 0) is 14.8 Å². The average Bonchev–Trinajstić information content (AvgIpc) is 3.40. The Bertz CT molecular complexity index is 1540. The zero-order chi connectivity index (χ0) is 25.3. The fourth-order valence-corrected chi connectivity index (χ4v) is 5.88. The summed E-state index contributed by atoms with van der Waals surface area (Å²) in [5.74, 6) is 0.547. The summed E-state index contributed by atoms with van der Waals surface area (Å²) in [7, 11) is -3.73. The molecule has 2 N–H and O–H groups in total. The molecule has 36 heavy (non-hydrogen) atoms. The van der Waals surface area contributed by atoms with E-state index >= 15 is 0 Å². The molecule has 7 nitrogen and oxygen atoms in total. The van der Waals surface area contributed by atoms with Gasteiger partial charge in [0, 0.05) is 35.2 Å². The van der Waals surface area contributed by atoms with E-state index in [-0.39, 0.29) is 17.5 Å². The highest BCUT2D eigenvalue weighted by Crippen LogP contribution is 2.34. The number of nitrogens with one attached hydrogen (secondary N) is 2. The summed E-state index contributed by atoms with van der Waals surface area (Å²) in [6.45, 7) is 2.70. The Kier molecular flexibility index (Phi) is 7.14. The largest absolute Gasteiger partial charge is 0.377 e. The van der Waals surface area contributed by atoms with Crippen LogP contribution in [0.15, 0.2) is 65.6 Å². The summed E-state index contributed by atoms with van der Waals surface area (Å²) >= 11 is 12.2. The summed E-state index contributed by atoms with van der Waals surface area (Å²) in [4.78, 5) is 0.210. The number of ether oxygens (including phenoxy) is 1. The highest BCUT2D eigenvalue weighted by atomic mass is 35.5. The molecule has 1 saturated heterocycles. The van der Waals surface area contributed by atoms with Gasteiger partial charge in [0.05, 0.1) is 21.0 Å². The van der Waals surface area contributed by atoms with E-state index in [1.165, 1.54) is 0 Å². The molecular formula is C26H24Cl2N4O3S. The lowest BCUT2D eigenvalue weighted by Crippen LogP contribution is -2.32. The Balaban J connectivity index is 1.50. The number of nitrogens with zero attached hydrogens (tertiary/aromatic N) is 2. The Morgan fingerprint density at radius 1 is 1.00 bits per heavy atom. The quantitative estimate of drug-likeness (QED) is 0.292. The fraction of sp³-hybridized carbons (Fsp3) is 0.231. The predicted molar refractivity (Wildman–Crippen MR) is 144 cm³/mol. The maximum Gasteiger partial charge on any atom is 0.240 e. The summed E-state index contributed by atoms with van der Waals surface area (Å²) < 4.78 is 34.5. The van der Waals surface area contributed by atoms with Gasteiger partial charge in [-0.1, -0.05) is 59.6 Å². The van der Waals surface area contributed by atoms with E-state index in [9.17, 15) is 8.42 Å². The Morgan fingerprint density at radius 2 is 1.81 bits per heavy atom. The van der Waals surface area contributed by atoms with E-state index in [1.54, 1.807) is 37.3 Å². The van der Waals surface area contributed by atoms with Gasteiger partial charge in [-0.15, -0.1) is 10.2 Å². The first kappa shape index (κ1) is 24.9. The molecule has 0 radical (unpaired) electrons. The van der Waals surface area contributed by atoms with E-state index in [0.29, 0.717) is 39.3 Å². The van der Waals surface area contributed by atoms with Crippen LogP contribution in [0, 0.1) is 6.92 Å². The molecule has 1 atom stereocenters. The minimum Gasteiger partial charge on any atom is -0.377 e. The number of hydrogen-bond acceptors (Lipinski definition) is 6. The Labute approximate surface area is 219 Å². The van der Waals surface area contributed by atoms with Crippen LogP contribution in [0.1, 0.15) is 18.4 Å². The number of hydrogen-bond donors (Lipinski definition) is 2. The van der Waals surface area contributed by atoms with Crippen LogP contribution in [0.3, 0.4) is 0 Å². The number of anilines is 2. The van der Waals surface area contributed by atoms with Gasteiger partial charge in [-0.05, 0) is 49.6 Å². The van der Waals surface area contributed by atoms with Gasteiger partial charge < -0.3 is 10.1 Å². The third-order valence-corrected chi connectivity index (χ3v) is 8.45. The standard InChI is InChI=1S/C26H24Cl2N4O3S/c1-16-8-9-17(13-24(16)36(33,34)29-15-19-5-4-12-35-19)25-20-6-2-3-7-21(20)26(32-31-25)30-18-10-11-22(27)23(28)14-18/h2-3,6-11,13-14,19,29H,4-5,12,15H2,1H3,(H,30,32). The van der Waals surface area contributed by atoms with Crippen molar-refractivity contribution in [3.8, 4) is 11.3 Å². The van der Waals surface area contributed by atoms with Crippen LogP contribution < -0.4 is 10.0 Å². The van der Waals surface area contributed by atoms with Gasteiger partial charge in [0.2, 0.25) is 10.0 Å². The normalized spacial score (nSPS) is 15.9. The molecule has 0 saturated carbocycles. The minimum atomic E-state index is -3.73. The van der Waals surface area contributed by atoms with Crippen molar-refractivity contribution in [2.75, 3.05) is 18.5 Å². The molecule has 1 aromatic heterocycles. The zero-order valence-corrected chi connectivity index (χ0v) is 21.8. The molecule has 0 spiro atoms. The maximum absolute atomic E-state index is 13.1. The fourth-order valence-electron chi connectivity index (χ4n) is 4.24. The lowest BCUT2D eigenvalue weighted by atomic mass is 10.0. The van der Waals surface area contributed by atoms with Crippen LogP contribution in [-0.4, -0.2) is 37.9 Å². The van der Waals surface area contributed by atoms with E-state index in [0.717, 1.165) is 29.3 Å². The molecule has 0 bridgehead atoms. The highest BCUT2D eigenvalue weighted by molar-refractivity contribution is 7.89. The molecule has 1 fully saturated rings. The molecule has 1 unspecified atom stereocenters. The van der Waals surface area contributed by atoms with Crippen LogP contribution in [0.4, 0.5) is 11.5 Å². The lowest BCUT2D eigenvalue weighted by molar-refractivity contribution is 0.114. The van der Waals surface area contributed by atoms with Crippen LogP contribution in [0.25, 0.3) is 22.0 Å². The SMILES string of the molecule is Cc1ccc(-c2nnc(Nc3ccc(Cl)c(Cl)c3)c3ccccc23)cc1S(=O)(=O)NCC1CCCO1. The van der Waals surface area contributed by atoms with Crippen molar-refractivity contribution in [2.45, 2.75) is 30.8 Å². The molecule has 10 heteroatoms. The summed E-state index contributed by atoms with van der Waals surface area (Å²) in [6, 6.07) is 18.2. The molecule has 5 rings (SSSR count). The molecule has 1 aliphatic heterocycles. The number of fused-ring (bicyclic) bond motifs is 1. The van der Waals surface area contributed by atoms with Crippen molar-refractivity contribution in [1.82, 2.24) is 14.9 Å². The van der Waals surface area contributed by atoms with Gasteiger partial charge in [-0.25, -0.2) is 13.1 Å². The smallest absolute Gasteiger partial charge is 0.240 e. The second kappa shape index (κ2) is 10.3. The molecule has 0 aliphatic carbocycles. The molecule has 4 aromatic rings. The van der Waals surface area contributed by atoms with Crippen molar-refractivity contribution in [3.63, 3.8) is 0 Å². The minimum absolute atomic E-state index is 0.0892. The van der Waals surface area contributed by atoms with E-state index in [4.69, 9.17) is 27.9 Å². The number of rotatable bonds is 7. The Hall–Kier alpha value is -2.75. The predicted octanol–water partition coefficient (Wildman–Crippen LogP) is 6.11. The summed E-state index contributed by atoms with van der Waals surface area (Å²) in [5.41, 5.74) is 2.61. The van der Waals surface area contributed by atoms with Gasteiger partial charge in [0.1, 0.15) is 5.69 Å². The zero-order valence-electron chi connectivity index (χ0n) is 19.5. The monoisotopic (exact) mass is 542 g/mol. The number of benzene rings is 3. The van der Waals surface area contributed by atoms with Gasteiger partial charge >= 0.3 is 0 Å². The van der Waals surface area contributed by atoms with Gasteiger partial charge in [-0.3, -0.25) is 0 Å². The first-order valence-corrected chi connectivity index (χ1v) is 13.8. The third kappa shape index (κ3) is 5.19. The summed E-state index contributed by atoms with van der Waals surface area (Å²) in [5, 5.41) is 14.7. The third-order valence-electron chi connectivity index (χ3n) is 6.15. The van der Waals surface area contributed by atoms with Crippen LogP contribution >= 0.6 is 23.2 Å². The van der Waals surface area contributed by atoms with Crippen LogP contribution in [0.2, 0.25) is 10.0 Å². The van der Waals surface area contributed by atoms with Gasteiger partial charge in [0.15, 0.2) is 5.82 Å². The number of aryl methyl sites for hydroxylation is 1. The second-order valence-corrected chi connectivity index (χ2v) is 11.2. The number of sulfonamides is 1. The van der Waals surface area contributed by atoms with E-state index in [1.807, 2.05) is 30.3 Å². The first-order chi connectivity index (χ1) is 17.3. The molecular weight excluding hydrogens is 519 g/mol. The van der Waals surface area contributed by atoms with E-state index < -0.39 is 10.0 Å². The van der Waals surface area contributed by atoms with Crippen molar-refractivity contribution in [1.29, 1.82) is 0 Å². The molecule has 1 aliphatic rings. The van der Waals surface area contributed by atoms with Crippen molar-refractivity contribution in [3.05, 3.63) is 76.3 Å². The van der Waals surface area contributed by atoms with Crippen LogP contribution in [0.5, 0.6) is 0 Å². The number of aromatic nitrogens is 2. The lowest BCUT2D eigenvalue weighted by Gasteiger charge is -2.15. The maximum atomic E-state index is 13.1.